The minimum Gasteiger partial charge on any atom is -0.0622 e. The lowest BCUT2D eigenvalue weighted by molar-refractivity contribution is 1.62. The van der Waals surface area contributed by atoms with Gasteiger partial charge in [0.15, 0.2) is 0 Å². The van der Waals surface area contributed by atoms with Crippen LogP contribution in [0.1, 0.15) is 0 Å². The molecule has 0 heteroatoms. The van der Waals surface area contributed by atoms with Crippen molar-refractivity contribution in [2.75, 3.05) is 0 Å². The van der Waals surface area contributed by atoms with Gasteiger partial charge in [-0.1, -0.05) is 164 Å². The normalized spacial score (nSPS) is 10.9. The van der Waals surface area contributed by atoms with Crippen molar-refractivity contribution in [2.24, 2.45) is 0 Å². The standard InChI is InChI=1S/C30H20.C12H10/c1-3-10-21(11-4-1)26-17-9-15-24-19-29-25(20-28(24)26)18-23-14-7-8-16-27(23)30(29)22-12-5-2-6-13-22;1-3-7-11(8-4-1)12-9-5-2-6-10-12/h1-20H;1-10H. The summed E-state index contributed by atoms with van der Waals surface area (Å²) in [6.45, 7) is 0. The summed E-state index contributed by atoms with van der Waals surface area (Å²) in [6.07, 6.45) is 0. The summed E-state index contributed by atoms with van der Waals surface area (Å²) >= 11 is 0. The zero-order chi connectivity index (χ0) is 28.1. The van der Waals surface area contributed by atoms with Crippen LogP contribution < -0.4 is 0 Å². The van der Waals surface area contributed by atoms with Crippen molar-refractivity contribution >= 4 is 32.3 Å². The topological polar surface area (TPSA) is 0 Å². The van der Waals surface area contributed by atoms with Gasteiger partial charge in [-0.2, -0.15) is 0 Å². The number of benzene rings is 8. The van der Waals surface area contributed by atoms with Gasteiger partial charge in [-0.05, 0) is 83.9 Å². The Hall–Kier alpha value is -5.46. The summed E-state index contributed by atoms with van der Waals surface area (Å²) in [5, 5.41) is 7.73. The molecule has 8 aromatic rings. The lowest BCUT2D eigenvalue weighted by Crippen LogP contribution is -1.87. The molecule has 198 valence electrons. The molecular weight excluding hydrogens is 504 g/mol. The molecule has 0 aliphatic rings. The minimum absolute atomic E-state index is 1.26. The highest BCUT2D eigenvalue weighted by Crippen LogP contribution is 2.40. The molecule has 0 fully saturated rings. The molecule has 0 aliphatic heterocycles. The van der Waals surface area contributed by atoms with Crippen LogP contribution in [0.5, 0.6) is 0 Å². The molecule has 0 bridgehead atoms. The summed E-state index contributed by atoms with van der Waals surface area (Å²) < 4.78 is 0. The van der Waals surface area contributed by atoms with Gasteiger partial charge in [-0.15, -0.1) is 0 Å². The van der Waals surface area contributed by atoms with Gasteiger partial charge < -0.3 is 0 Å². The molecule has 42 heavy (non-hydrogen) atoms. The van der Waals surface area contributed by atoms with Gasteiger partial charge in [0, 0.05) is 0 Å². The molecular formula is C42H30. The Labute approximate surface area is 247 Å². The third-order valence-corrected chi connectivity index (χ3v) is 7.89. The van der Waals surface area contributed by atoms with Crippen LogP contribution in [-0.4, -0.2) is 0 Å². The summed E-state index contributed by atoms with van der Waals surface area (Å²) in [5.41, 5.74) is 7.67. The van der Waals surface area contributed by atoms with E-state index in [4.69, 9.17) is 0 Å². The van der Waals surface area contributed by atoms with E-state index in [0.717, 1.165) is 0 Å². The zero-order valence-electron chi connectivity index (χ0n) is 23.3. The summed E-state index contributed by atoms with van der Waals surface area (Å²) in [4.78, 5) is 0. The molecule has 0 unspecified atom stereocenters. The average molecular weight is 535 g/mol. The first-order chi connectivity index (χ1) is 20.8. The number of hydrogen-bond acceptors (Lipinski definition) is 0. The third kappa shape index (κ3) is 5.07. The molecule has 0 N–H and O–H groups in total. The van der Waals surface area contributed by atoms with Crippen molar-refractivity contribution in [3.8, 4) is 33.4 Å². The highest BCUT2D eigenvalue weighted by Gasteiger charge is 2.12. The Morgan fingerprint density at radius 2 is 0.690 bits per heavy atom. The summed E-state index contributed by atoms with van der Waals surface area (Å²) in [5.74, 6) is 0. The van der Waals surface area contributed by atoms with Gasteiger partial charge in [0.1, 0.15) is 0 Å². The lowest BCUT2D eigenvalue weighted by Gasteiger charge is -2.15. The van der Waals surface area contributed by atoms with Crippen LogP contribution in [-0.2, 0) is 0 Å². The monoisotopic (exact) mass is 534 g/mol. The van der Waals surface area contributed by atoms with Gasteiger partial charge in [0.05, 0.1) is 0 Å². The van der Waals surface area contributed by atoms with Gasteiger partial charge >= 0.3 is 0 Å². The van der Waals surface area contributed by atoms with E-state index in [0.29, 0.717) is 0 Å². The molecule has 0 radical (unpaired) electrons. The Morgan fingerprint density at radius 3 is 1.31 bits per heavy atom. The fraction of sp³-hybridized carbons (Fsp3) is 0. The van der Waals surface area contributed by atoms with Crippen LogP contribution in [0.25, 0.3) is 65.7 Å². The Morgan fingerprint density at radius 1 is 0.238 bits per heavy atom. The van der Waals surface area contributed by atoms with Gasteiger partial charge in [-0.3, -0.25) is 0 Å². The van der Waals surface area contributed by atoms with Crippen molar-refractivity contribution in [1.29, 1.82) is 0 Å². The molecule has 0 heterocycles. The third-order valence-electron chi connectivity index (χ3n) is 7.89. The van der Waals surface area contributed by atoms with Crippen LogP contribution in [0, 0.1) is 0 Å². The first kappa shape index (κ1) is 25.5. The maximum absolute atomic E-state index is 2.37. The minimum atomic E-state index is 1.26. The smallest absolute Gasteiger partial charge is 0.00266 e. The first-order valence-corrected chi connectivity index (χ1v) is 14.4. The van der Waals surface area contributed by atoms with Crippen molar-refractivity contribution in [2.45, 2.75) is 0 Å². The lowest BCUT2D eigenvalue weighted by atomic mass is 9.89. The van der Waals surface area contributed by atoms with E-state index in [-0.39, 0.29) is 0 Å². The molecule has 0 atom stereocenters. The summed E-state index contributed by atoms with van der Waals surface area (Å²) in [6, 6.07) is 64.6. The van der Waals surface area contributed by atoms with E-state index in [1.54, 1.807) is 0 Å². The second-order valence-electron chi connectivity index (χ2n) is 10.5. The van der Waals surface area contributed by atoms with Crippen LogP contribution in [0.2, 0.25) is 0 Å². The molecule has 8 rings (SSSR count). The Balaban J connectivity index is 0.000000201. The van der Waals surface area contributed by atoms with E-state index in [1.807, 2.05) is 12.1 Å². The van der Waals surface area contributed by atoms with Crippen LogP contribution >= 0.6 is 0 Å². The fourth-order valence-corrected chi connectivity index (χ4v) is 5.89. The molecule has 0 aromatic heterocycles. The van der Waals surface area contributed by atoms with E-state index < -0.39 is 0 Å². The molecule has 0 saturated heterocycles. The maximum Gasteiger partial charge on any atom is -0.00266 e. The van der Waals surface area contributed by atoms with Crippen LogP contribution in [0.3, 0.4) is 0 Å². The Kier molecular flexibility index (Phi) is 7.02. The van der Waals surface area contributed by atoms with E-state index in [9.17, 15) is 0 Å². The summed E-state index contributed by atoms with van der Waals surface area (Å²) in [7, 11) is 0. The van der Waals surface area contributed by atoms with Crippen LogP contribution in [0.4, 0.5) is 0 Å². The quantitative estimate of drug-likeness (QED) is 0.198. The average Bonchev–Trinajstić information content (AvgIpc) is 3.08. The molecule has 0 saturated carbocycles. The van der Waals surface area contributed by atoms with Gasteiger partial charge in [0.25, 0.3) is 0 Å². The predicted octanol–water partition coefficient (Wildman–Crippen LogP) is 11.8. The number of rotatable bonds is 3. The maximum atomic E-state index is 2.37. The van der Waals surface area contributed by atoms with E-state index in [1.165, 1.54) is 65.7 Å². The molecule has 0 spiro atoms. The second-order valence-corrected chi connectivity index (χ2v) is 10.5. The predicted molar refractivity (Wildman–Crippen MR) is 182 cm³/mol. The van der Waals surface area contributed by atoms with E-state index >= 15 is 0 Å². The van der Waals surface area contributed by atoms with E-state index in [2.05, 4.69) is 170 Å². The molecule has 0 nitrogen and oxygen atoms in total. The fourth-order valence-electron chi connectivity index (χ4n) is 5.89. The zero-order valence-corrected chi connectivity index (χ0v) is 23.3. The highest BCUT2D eigenvalue weighted by atomic mass is 14.2. The van der Waals surface area contributed by atoms with Crippen molar-refractivity contribution < 1.29 is 0 Å². The Bertz CT molecular complexity index is 2060. The molecule has 0 amide bonds. The molecule has 0 aliphatic carbocycles. The number of hydrogen-bond donors (Lipinski definition) is 0. The van der Waals surface area contributed by atoms with Gasteiger partial charge in [-0.25, -0.2) is 0 Å². The SMILES string of the molecule is c1ccc(-c2cccc3cc4c(-c5ccccc5)c5ccccc5cc4cc23)cc1.c1ccc(-c2ccccc2)cc1. The first-order valence-electron chi connectivity index (χ1n) is 14.4. The second kappa shape index (κ2) is 11.6. The van der Waals surface area contributed by atoms with Crippen molar-refractivity contribution in [3.05, 3.63) is 182 Å². The van der Waals surface area contributed by atoms with Crippen LogP contribution in [0.15, 0.2) is 182 Å². The van der Waals surface area contributed by atoms with Crippen molar-refractivity contribution in [1.82, 2.24) is 0 Å². The van der Waals surface area contributed by atoms with Crippen molar-refractivity contribution in [3.63, 3.8) is 0 Å². The largest absolute Gasteiger partial charge is 0.0622 e. The number of fused-ring (bicyclic) bond motifs is 3. The molecule has 8 aromatic carbocycles. The highest BCUT2D eigenvalue weighted by molar-refractivity contribution is 6.17. The van der Waals surface area contributed by atoms with Gasteiger partial charge in [0.2, 0.25) is 0 Å².